The molecule has 0 aliphatic rings. The molecule has 0 bridgehead atoms. The molecule has 0 aliphatic carbocycles. The van der Waals surface area contributed by atoms with Crippen molar-refractivity contribution in [2.24, 2.45) is 0 Å². The van der Waals surface area contributed by atoms with Gasteiger partial charge >= 0.3 is 0 Å². The minimum absolute atomic E-state index is 0.257. The second-order valence-electron chi connectivity index (χ2n) is 4.52. The van der Waals surface area contributed by atoms with E-state index in [2.05, 4.69) is 5.32 Å². The summed E-state index contributed by atoms with van der Waals surface area (Å²) >= 11 is 0. The Hall–Kier alpha value is -1.20. The van der Waals surface area contributed by atoms with Gasteiger partial charge < -0.3 is 14.8 Å². The lowest BCUT2D eigenvalue weighted by atomic mass is 10.1. The van der Waals surface area contributed by atoms with Gasteiger partial charge in [-0.3, -0.25) is 0 Å². The van der Waals surface area contributed by atoms with Crippen LogP contribution in [0.3, 0.4) is 0 Å². The largest absolute Gasteiger partial charge is 0.496 e. The molecule has 108 valence electrons. The van der Waals surface area contributed by atoms with Gasteiger partial charge in [0.05, 0.1) is 13.2 Å². The smallest absolute Gasteiger partial charge is 0.261 e. The standard InChI is InChI=1S/C14H21F2NO2/c1-10(2)17-8-13(19-9-14(15)16)11-6-4-5-7-12(11)18-3/h4-7,10,13-14,17H,8-9H2,1-3H3. The zero-order valence-corrected chi connectivity index (χ0v) is 11.5. The molecule has 0 amide bonds. The van der Waals surface area contributed by atoms with Crippen LogP contribution in [0, 0.1) is 0 Å². The lowest BCUT2D eigenvalue weighted by Crippen LogP contribution is -2.30. The number of halogens is 2. The number of para-hydroxylation sites is 1. The lowest BCUT2D eigenvalue weighted by Gasteiger charge is -2.22. The van der Waals surface area contributed by atoms with Gasteiger partial charge in [-0.05, 0) is 6.07 Å². The van der Waals surface area contributed by atoms with E-state index in [9.17, 15) is 8.78 Å². The van der Waals surface area contributed by atoms with Crippen molar-refractivity contribution in [2.45, 2.75) is 32.4 Å². The van der Waals surface area contributed by atoms with Crippen LogP contribution in [0.2, 0.25) is 0 Å². The van der Waals surface area contributed by atoms with Crippen molar-refractivity contribution < 1.29 is 18.3 Å². The Balaban J connectivity index is 2.81. The SMILES string of the molecule is COc1ccccc1C(CNC(C)C)OCC(F)F. The van der Waals surface area contributed by atoms with Gasteiger partial charge in [0.25, 0.3) is 6.43 Å². The van der Waals surface area contributed by atoms with E-state index in [-0.39, 0.29) is 6.04 Å². The monoisotopic (exact) mass is 273 g/mol. The Bertz CT molecular complexity index is 360. The minimum Gasteiger partial charge on any atom is -0.496 e. The normalized spacial score (nSPS) is 13.0. The van der Waals surface area contributed by atoms with Crippen molar-refractivity contribution in [2.75, 3.05) is 20.3 Å². The third-order valence-corrected chi connectivity index (χ3v) is 2.62. The predicted octanol–water partition coefficient (Wildman–Crippen LogP) is 3.02. The van der Waals surface area contributed by atoms with Crippen molar-refractivity contribution in [3.8, 4) is 5.75 Å². The fourth-order valence-corrected chi connectivity index (χ4v) is 1.72. The van der Waals surface area contributed by atoms with Crippen LogP contribution >= 0.6 is 0 Å². The first-order valence-corrected chi connectivity index (χ1v) is 6.30. The van der Waals surface area contributed by atoms with Crippen molar-refractivity contribution >= 4 is 0 Å². The third-order valence-electron chi connectivity index (χ3n) is 2.62. The van der Waals surface area contributed by atoms with Crippen LogP contribution in [-0.4, -0.2) is 32.7 Å². The van der Waals surface area contributed by atoms with Crippen LogP contribution in [0.1, 0.15) is 25.5 Å². The maximum Gasteiger partial charge on any atom is 0.261 e. The molecule has 1 unspecified atom stereocenters. The fraction of sp³-hybridized carbons (Fsp3) is 0.571. The van der Waals surface area contributed by atoms with E-state index in [1.165, 1.54) is 0 Å². The first-order valence-electron chi connectivity index (χ1n) is 6.30. The number of ether oxygens (including phenoxy) is 2. The summed E-state index contributed by atoms with van der Waals surface area (Å²) in [5.41, 5.74) is 0.777. The van der Waals surface area contributed by atoms with E-state index < -0.39 is 19.1 Å². The Kier molecular flexibility index (Phi) is 6.73. The number of methoxy groups -OCH3 is 1. The number of nitrogens with one attached hydrogen (secondary N) is 1. The number of rotatable bonds is 8. The van der Waals surface area contributed by atoms with Crippen molar-refractivity contribution in [3.63, 3.8) is 0 Å². The highest BCUT2D eigenvalue weighted by Crippen LogP contribution is 2.27. The molecule has 0 saturated carbocycles. The summed E-state index contributed by atoms with van der Waals surface area (Å²) in [5.74, 6) is 0.646. The summed E-state index contributed by atoms with van der Waals surface area (Å²) in [7, 11) is 1.55. The summed E-state index contributed by atoms with van der Waals surface area (Å²) in [6.07, 6.45) is -2.93. The van der Waals surface area contributed by atoms with E-state index in [4.69, 9.17) is 9.47 Å². The fourth-order valence-electron chi connectivity index (χ4n) is 1.72. The number of hydrogen-bond acceptors (Lipinski definition) is 3. The van der Waals surface area contributed by atoms with E-state index in [1.54, 1.807) is 13.2 Å². The van der Waals surface area contributed by atoms with Gasteiger partial charge in [-0.1, -0.05) is 32.0 Å². The molecular formula is C14H21F2NO2. The Morgan fingerprint density at radius 3 is 2.47 bits per heavy atom. The first-order chi connectivity index (χ1) is 9.04. The molecule has 0 fully saturated rings. The zero-order chi connectivity index (χ0) is 14.3. The van der Waals surface area contributed by atoms with Crippen molar-refractivity contribution in [1.29, 1.82) is 0 Å². The quantitative estimate of drug-likeness (QED) is 0.789. The maximum atomic E-state index is 12.3. The topological polar surface area (TPSA) is 30.5 Å². The summed E-state index contributed by atoms with van der Waals surface area (Å²) in [6.45, 7) is 3.87. The molecule has 1 aromatic rings. The third kappa shape index (κ3) is 5.53. The molecule has 1 N–H and O–H groups in total. The van der Waals surface area contributed by atoms with Gasteiger partial charge in [0, 0.05) is 18.2 Å². The second kappa shape index (κ2) is 8.07. The predicted molar refractivity (Wildman–Crippen MR) is 70.8 cm³/mol. The highest BCUT2D eigenvalue weighted by Gasteiger charge is 2.18. The van der Waals surface area contributed by atoms with Gasteiger partial charge in [-0.2, -0.15) is 0 Å². The number of alkyl halides is 2. The average Bonchev–Trinajstić information content (AvgIpc) is 2.38. The lowest BCUT2D eigenvalue weighted by molar-refractivity contribution is -0.0258. The molecule has 5 heteroatoms. The van der Waals surface area contributed by atoms with Crippen LogP contribution in [0.4, 0.5) is 8.78 Å². The highest BCUT2D eigenvalue weighted by molar-refractivity contribution is 5.35. The van der Waals surface area contributed by atoms with Gasteiger partial charge in [-0.25, -0.2) is 8.78 Å². The van der Waals surface area contributed by atoms with Crippen molar-refractivity contribution in [3.05, 3.63) is 29.8 Å². The average molecular weight is 273 g/mol. The van der Waals surface area contributed by atoms with E-state index >= 15 is 0 Å². The van der Waals surface area contributed by atoms with Crippen LogP contribution in [0.15, 0.2) is 24.3 Å². The molecule has 1 rings (SSSR count). The van der Waals surface area contributed by atoms with Crippen LogP contribution in [0.5, 0.6) is 5.75 Å². The van der Waals surface area contributed by atoms with Gasteiger partial charge in [-0.15, -0.1) is 0 Å². The van der Waals surface area contributed by atoms with Gasteiger partial charge in [0.1, 0.15) is 12.4 Å². The molecule has 1 aromatic carbocycles. The molecule has 0 heterocycles. The molecule has 19 heavy (non-hydrogen) atoms. The molecule has 0 radical (unpaired) electrons. The summed E-state index contributed by atoms with van der Waals surface area (Å²) in [6, 6.07) is 7.56. The molecule has 0 aliphatic heterocycles. The highest BCUT2D eigenvalue weighted by atomic mass is 19.3. The summed E-state index contributed by atoms with van der Waals surface area (Å²) in [5, 5.41) is 3.19. The van der Waals surface area contributed by atoms with Crippen LogP contribution < -0.4 is 10.1 Å². The summed E-state index contributed by atoms with van der Waals surface area (Å²) < 4.78 is 35.2. The van der Waals surface area contributed by atoms with Gasteiger partial charge in [0.15, 0.2) is 0 Å². The molecule has 0 spiro atoms. The van der Waals surface area contributed by atoms with Crippen molar-refractivity contribution in [1.82, 2.24) is 5.32 Å². The molecule has 1 atom stereocenters. The van der Waals surface area contributed by atoms with E-state index in [0.717, 1.165) is 5.56 Å². The van der Waals surface area contributed by atoms with Crippen LogP contribution in [-0.2, 0) is 4.74 Å². The Labute approximate surface area is 112 Å². The molecule has 3 nitrogen and oxygen atoms in total. The van der Waals surface area contributed by atoms with Crippen LogP contribution in [0.25, 0.3) is 0 Å². The Morgan fingerprint density at radius 2 is 1.89 bits per heavy atom. The Morgan fingerprint density at radius 1 is 1.21 bits per heavy atom. The van der Waals surface area contributed by atoms with Gasteiger partial charge in [0.2, 0.25) is 0 Å². The minimum atomic E-state index is -2.48. The number of hydrogen-bond donors (Lipinski definition) is 1. The summed E-state index contributed by atoms with van der Waals surface area (Å²) in [4.78, 5) is 0. The molecular weight excluding hydrogens is 252 g/mol. The zero-order valence-electron chi connectivity index (χ0n) is 11.5. The first kappa shape index (κ1) is 15.9. The maximum absolute atomic E-state index is 12.3. The molecule has 0 saturated heterocycles. The van der Waals surface area contributed by atoms with E-state index in [1.807, 2.05) is 32.0 Å². The van der Waals surface area contributed by atoms with E-state index in [0.29, 0.717) is 12.3 Å². The number of benzene rings is 1. The molecule has 0 aromatic heterocycles. The second-order valence-corrected chi connectivity index (χ2v) is 4.52.